The lowest BCUT2D eigenvalue weighted by molar-refractivity contribution is 0.417. The molecule has 0 bridgehead atoms. The molecule has 3 heterocycles. The monoisotopic (exact) mass is 394 g/mol. The van der Waals surface area contributed by atoms with Gasteiger partial charge in [0.25, 0.3) is 0 Å². The number of aromatic nitrogens is 4. The van der Waals surface area contributed by atoms with Gasteiger partial charge in [-0.3, -0.25) is 5.10 Å². The Balaban J connectivity index is 1.59. The number of benzene rings is 1. The van der Waals surface area contributed by atoms with Crippen molar-refractivity contribution in [1.29, 1.82) is 0 Å². The Kier molecular flexibility index (Phi) is 4.05. The SMILES string of the molecule is COc1cc2[nH]ncc2cc1Nc1ncnc2sc3c(c12)CCC(N=NN)C3. The summed E-state index contributed by atoms with van der Waals surface area (Å²) in [5, 5.41) is 20.1. The number of rotatable bonds is 4. The van der Waals surface area contributed by atoms with E-state index in [-0.39, 0.29) is 6.04 Å². The molecule has 10 heteroatoms. The lowest BCUT2D eigenvalue weighted by atomic mass is 9.93. The zero-order chi connectivity index (χ0) is 19.1. The fourth-order valence-corrected chi connectivity index (χ4v) is 5.00. The van der Waals surface area contributed by atoms with Gasteiger partial charge < -0.3 is 15.9 Å². The summed E-state index contributed by atoms with van der Waals surface area (Å²) in [6, 6.07) is 4.06. The molecular weight excluding hydrogens is 376 g/mol. The predicted octanol–water partition coefficient (Wildman–Crippen LogP) is 3.50. The first-order chi connectivity index (χ1) is 13.8. The van der Waals surface area contributed by atoms with Crippen LogP contribution in [0.4, 0.5) is 11.5 Å². The molecule has 0 amide bonds. The van der Waals surface area contributed by atoms with Crippen LogP contribution >= 0.6 is 11.3 Å². The first kappa shape index (κ1) is 16.9. The van der Waals surface area contributed by atoms with Crippen LogP contribution in [-0.4, -0.2) is 33.3 Å². The first-order valence-corrected chi connectivity index (χ1v) is 9.72. The predicted molar refractivity (Wildman–Crippen MR) is 108 cm³/mol. The van der Waals surface area contributed by atoms with Gasteiger partial charge in [0.2, 0.25) is 0 Å². The van der Waals surface area contributed by atoms with Crippen molar-refractivity contribution in [3.05, 3.63) is 35.1 Å². The molecule has 0 aliphatic heterocycles. The molecule has 28 heavy (non-hydrogen) atoms. The van der Waals surface area contributed by atoms with Gasteiger partial charge >= 0.3 is 0 Å². The number of anilines is 2. The number of thiophene rings is 1. The van der Waals surface area contributed by atoms with E-state index >= 15 is 0 Å². The van der Waals surface area contributed by atoms with E-state index in [0.29, 0.717) is 0 Å². The van der Waals surface area contributed by atoms with E-state index in [1.165, 1.54) is 10.4 Å². The largest absolute Gasteiger partial charge is 0.494 e. The van der Waals surface area contributed by atoms with Gasteiger partial charge in [0, 0.05) is 22.8 Å². The average molecular weight is 394 g/mol. The number of aryl methyl sites for hydroxylation is 1. The van der Waals surface area contributed by atoms with Crippen LogP contribution in [0.1, 0.15) is 16.9 Å². The highest BCUT2D eigenvalue weighted by Crippen LogP contribution is 2.40. The number of ether oxygens (including phenoxy) is 1. The Hall–Kier alpha value is -3.27. The maximum atomic E-state index is 5.56. The third kappa shape index (κ3) is 2.73. The normalized spacial score (nSPS) is 16.7. The van der Waals surface area contributed by atoms with Crippen LogP contribution in [0.2, 0.25) is 0 Å². The number of nitrogens with one attached hydrogen (secondary N) is 2. The molecule has 1 aromatic carbocycles. The van der Waals surface area contributed by atoms with E-state index in [1.54, 1.807) is 31.0 Å². The highest BCUT2D eigenvalue weighted by Gasteiger charge is 2.25. The Morgan fingerprint density at radius 2 is 2.29 bits per heavy atom. The Labute approximate surface area is 164 Å². The molecule has 5 rings (SSSR count). The van der Waals surface area contributed by atoms with Gasteiger partial charge in [0.1, 0.15) is 22.7 Å². The minimum atomic E-state index is 0.138. The van der Waals surface area contributed by atoms with Crippen LogP contribution in [0.15, 0.2) is 35.0 Å². The Bertz CT molecular complexity index is 1200. The molecule has 4 N–H and O–H groups in total. The van der Waals surface area contributed by atoms with Gasteiger partial charge in [-0.15, -0.1) is 11.3 Å². The lowest BCUT2D eigenvalue weighted by Crippen LogP contribution is -2.15. The van der Waals surface area contributed by atoms with Crippen LogP contribution < -0.4 is 15.9 Å². The van der Waals surface area contributed by atoms with E-state index in [4.69, 9.17) is 10.6 Å². The third-order valence-electron chi connectivity index (χ3n) is 5.06. The Morgan fingerprint density at radius 1 is 1.36 bits per heavy atom. The number of nitrogens with two attached hydrogens (primary N) is 1. The van der Waals surface area contributed by atoms with E-state index in [1.807, 2.05) is 12.1 Å². The molecule has 1 atom stereocenters. The maximum absolute atomic E-state index is 5.56. The van der Waals surface area contributed by atoms with Gasteiger partial charge in [-0.2, -0.15) is 10.2 Å². The summed E-state index contributed by atoms with van der Waals surface area (Å²) in [6.45, 7) is 0. The summed E-state index contributed by atoms with van der Waals surface area (Å²) >= 11 is 1.69. The second-order valence-corrected chi connectivity index (χ2v) is 7.75. The number of hydrogen-bond donors (Lipinski definition) is 3. The molecule has 0 fully saturated rings. The standard InChI is InChI=1S/C18H18N8OS/c1-27-14-6-12-9(7-22-25-12)4-13(14)23-17-16-11-3-2-10(24-26-19)5-15(11)28-18(16)21-8-20-17/h4,6-8,10H,2-3,5H2,1H3,(H2,19,24)(H,22,25)(H,20,21,23). The van der Waals surface area contributed by atoms with Gasteiger partial charge in [-0.05, 0) is 24.5 Å². The van der Waals surface area contributed by atoms with Crippen molar-refractivity contribution < 1.29 is 4.74 Å². The smallest absolute Gasteiger partial charge is 0.144 e. The number of H-pyrrole nitrogens is 1. The molecule has 1 aliphatic rings. The van der Waals surface area contributed by atoms with Crippen LogP contribution in [0, 0.1) is 0 Å². The van der Waals surface area contributed by atoms with Crippen molar-refractivity contribution >= 4 is 44.0 Å². The van der Waals surface area contributed by atoms with Crippen molar-refractivity contribution in [2.75, 3.05) is 12.4 Å². The molecule has 0 radical (unpaired) electrons. The quantitative estimate of drug-likeness (QED) is 0.276. The van der Waals surface area contributed by atoms with Crippen molar-refractivity contribution in [2.24, 2.45) is 16.2 Å². The number of nitrogens with zero attached hydrogens (tertiary/aromatic N) is 5. The molecular formula is C18H18N8OS. The van der Waals surface area contributed by atoms with E-state index in [9.17, 15) is 0 Å². The minimum absolute atomic E-state index is 0.138. The summed E-state index contributed by atoms with van der Waals surface area (Å²) in [4.78, 5) is 11.3. The summed E-state index contributed by atoms with van der Waals surface area (Å²) in [5.41, 5.74) is 3.04. The first-order valence-electron chi connectivity index (χ1n) is 8.90. The summed E-state index contributed by atoms with van der Waals surface area (Å²) < 4.78 is 5.56. The highest BCUT2D eigenvalue weighted by molar-refractivity contribution is 7.19. The van der Waals surface area contributed by atoms with Gasteiger partial charge in [0.15, 0.2) is 0 Å². The van der Waals surface area contributed by atoms with Crippen molar-refractivity contribution in [3.63, 3.8) is 0 Å². The second-order valence-electron chi connectivity index (χ2n) is 6.67. The van der Waals surface area contributed by atoms with Gasteiger partial charge in [-0.25, -0.2) is 9.97 Å². The van der Waals surface area contributed by atoms with Crippen LogP contribution in [-0.2, 0) is 12.8 Å². The zero-order valence-electron chi connectivity index (χ0n) is 15.1. The summed E-state index contributed by atoms with van der Waals surface area (Å²) in [6.07, 6.45) is 6.03. The highest BCUT2D eigenvalue weighted by atomic mass is 32.1. The number of aromatic amines is 1. The molecule has 3 aromatic heterocycles. The number of fused-ring (bicyclic) bond motifs is 4. The van der Waals surface area contributed by atoms with Crippen molar-refractivity contribution in [3.8, 4) is 5.75 Å². The van der Waals surface area contributed by atoms with Crippen LogP contribution in [0.25, 0.3) is 21.1 Å². The topological polar surface area (TPSA) is 126 Å². The average Bonchev–Trinajstić information content (AvgIpc) is 3.31. The molecule has 0 saturated heterocycles. The van der Waals surface area contributed by atoms with E-state index in [2.05, 4.69) is 35.8 Å². The Morgan fingerprint density at radius 3 is 3.14 bits per heavy atom. The molecule has 1 aliphatic carbocycles. The fraction of sp³-hybridized carbons (Fsp3) is 0.278. The van der Waals surface area contributed by atoms with Crippen LogP contribution in [0.5, 0.6) is 5.75 Å². The minimum Gasteiger partial charge on any atom is -0.494 e. The van der Waals surface area contributed by atoms with E-state index < -0.39 is 0 Å². The second kappa shape index (κ2) is 6.71. The zero-order valence-corrected chi connectivity index (χ0v) is 16.0. The molecule has 0 spiro atoms. The molecule has 4 aromatic rings. The third-order valence-corrected chi connectivity index (χ3v) is 6.22. The van der Waals surface area contributed by atoms with Gasteiger partial charge in [-0.1, -0.05) is 5.22 Å². The van der Waals surface area contributed by atoms with Crippen molar-refractivity contribution in [1.82, 2.24) is 20.2 Å². The lowest BCUT2D eigenvalue weighted by Gasteiger charge is -2.18. The van der Waals surface area contributed by atoms with Gasteiger partial charge in [0.05, 0.1) is 35.9 Å². The number of hydrogen-bond acceptors (Lipinski definition) is 8. The molecule has 9 nitrogen and oxygen atoms in total. The number of methoxy groups -OCH3 is 1. The van der Waals surface area contributed by atoms with E-state index in [0.717, 1.165) is 57.6 Å². The molecule has 142 valence electrons. The van der Waals surface area contributed by atoms with Crippen LogP contribution in [0.3, 0.4) is 0 Å². The summed E-state index contributed by atoms with van der Waals surface area (Å²) in [7, 11) is 1.65. The molecule has 0 saturated carbocycles. The maximum Gasteiger partial charge on any atom is 0.144 e. The van der Waals surface area contributed by atoms with Crippen molar-refractivity contribution in [2.45, 2.75) is 25.3 Å². The fourth-order valence-electron chi connectivity index (χ4n) is 3.75. The molecule has 1 unspecified atom stereocenters. The summed E-state index contributed by atoms with van der Waals surface area (Å²) in [5.74, 6) is 6.73.